The zero-order valence-electron chi connectivity index (χ0n) is 18.6. The Labute approximate surface area is 171 Å². The lowest BCUT2D eigenvalue weighted by Gasteiger charge is -2.41. The van der Waals surface area contributed by atoms with E-state index in [2.05, 4.69) is 84.4 Å². The summed E-state index contributed by atoms with van der Waals surface area (Å²) in [6.45, 7) is 15.2. The van der Waals surface area contributed by atoms with Gasteiger partial charge >= 0.3 is 0 Å². The molecule has 0 spiro atoms. The Morgan fingerprint density at radius 1 is 1.18 bits per heavy atom. The van der Waals surface area contributed by atoms with Crippen molar-refractivity contribution in [3.05, 3.63) is 35.4 Å². The van der Waals surface area contributed by atoms with Crippen LogP contribution in [0.15, 0.2) is 29.3 Å². The fourth-order valence-corrected chi connectivity index (χ4v) is 3.32. The number of rotatable bonds is 8. The van der Waals surface area contributed by atoms with Crippen LogP contribution in [0.3, 0.4) is 0 Å². The van der Waals surface area contributed by atoms with Crippen molar-refractivity contribution in [3.63, 3.8) is 0 Å². The molecule has 1 aromatic rings. The first-order valence-electron chi connectivity index (χ1n) is 10.4. The molecule has 28 heavy (non-hydrogen) atoms. The first-order valence-corrected chi connectivity index (χ1v) is 10.4. The summed E-state index contributed by atoms with van der Waals surface area (Å²) >= 11 is 0. The van der Waals surface area contributed by atoms with E-state index in [9.17, 15) is 0 Å². The topological polar surface area (TPSA) is 52.1 Å². The van der Waals surface area contributed by atoms with Crippen molar-refractivity contribution in [2.24, 2.45) is 4.99 Å². The Morgan fingerprint density at radius 2 is 1.82 bits per heavy atom. The number of hydrogen-bond acceptors (Lipinski definition) is 4. The number of morpholine rings is 1. The lowest BCUT2D eigenvalue weighted by molar-refractivity contribution is -0.00834. The molecule has 0 radical (unpaired) electrons. The van der Waals surface area contributed by atoms with E-state index in [1.54, 1.807) is 0 Å². The second-order valence-corrected chi connectivity index (χ2v) is 8.47. The largest absolute Gasteiger partial charge is 0.379 e. The monoisotopic (exact) mass is 389 g/mol. The van der Waals surface area contributed by atoms with Gasteiger partial charge in [-0.05, 0) is 45.9 Å². The van der Waals surface area contributed by atoms with Crippen molar-refractivity contribution in [3.8, 4) is 0 Å². The van der Waals surface area contributed by atoms with E-state index in [1.807, 2.05) is 7.05 Å². The molecule has 2 rings (SSSR count). The quantitative estimate of drug-likeness (QED) is 0.528. The minimum absolute atomic E-state index is 0.0548. The van der Waals surface area contributed by atoms with Crippen LogP contribution in [0.4, 0.5) is 0 Å². The molecule has 1 aliphatic heterocycles. The van der Waals surface area contributed by atoms with Gasteiger partial charge in [0.1, 0.15) is 0 Å². The molecule has 1 heterocycles. The van der Waals surface area contributed by atoms with Gasteiger partial charge in [0.25, 0.3) is 0 Å². The number of nitrogens with zero attached hydrogens (tertiary/aromatic N) is 3. The minimum atomic E-state index is 0.0548. The lowest BCUT2D eigenvalue weighted by atomic mass is 10.0. The fraction of sp³-hybridized carbons (Fsp3) is 0.682. The van der Waals surface area contributed by atoms with Crippen LogP contribution in [0.1, 0.15) is 38.8 Å². The highest BCUT2D eigenvalue weighted by molar-refractivity contribution is 5.79. The van der Waals surface area contributed by atoms with E-state index in [1.165, 1.54) is 11.1 Å². The predicted octanol–water partition coefficient (Wildman–Crippen LogP) is 2.30. The van der Waals surface area contributed by atoms with Gasteiger partial charge in [-0.15, -0.1) is 0 Å². The second-order valence-electron chi connectivity index (χ2n) is 8.47. The molecule has 0 aliphatic carbocycles. The Hall–Kier alpha value is -1.63. The average Bonchev–Trinajstić information content (AvgIpc) is 2.69. The molecule has 6 nitrogen and oxygen atoms in total. The molecule has 0 aromatic heterocycles. The number of aliphatic imine (C=N–C) groups is 1. The molecular weight excluding hydrogens is 350 g/mol. The van der Waals surface area contributed by atoms with Gasteiger partial charge in [0.05, 0.1) is 13.2 Å². The highest BCUT2D eigenvalue weighted by atomic mass is 16.5. The molecule has 1 fully saturated rings. The zero-order valence-corrected chi connectivity index (χ0v) is 18.6. The molecule has 0 saturated carbocycles. The van der Waals surface area contributed by atoms with E-state index >= 15 is 0 Å². The summed E-state index contributed by atoms with van der Waals surface area (Å²) in [5, 5.41) is 6.98. The Kier molecular flexibility index (Phi) is 8.73. The van der Waals surface area contributed by atoms with Crippen LogP contribution in [-0.4, -0.2) is 74.3 Å². The first-order chi connectivity index (χ1) is 13.3. The Bertz CT molecular complexity index is 623. The minimum Gasteiger partial charge on any atom is -0.379 e. The Morgan fingerprint density at radius 3 is 2.43 bits per heavy atom. The number of hydrogen-bond donors (Lipinski definition) is 2. The predicted molar refractivity (Wildman–Crippen MR) is 118 cm³/mol. The molecule has 0 unspecified atom stereocenters. The summed E-state index contributed by atoms with van der Waals surface area (Å²) in [5.74, 6) is 0.841. The summed E-state index contributed by atoms with van der Waals surface area (Å²) in [4.78, 5) is 9.25. The number of guanidine groups is 1. The molecule has 2 N–H and O–H groups in total. The molecule has 158 valence electrons. The van der Waals surface area contributed by atoms with Crippen LogP contribution in [0, 0.1) is 0 Å². The second kappa shape index (κ2) is 10.8. The van der Waals surface area contributed by atoms with Crippen LogP contribution < -0.4 is 10.6 Å². The van der Waals surface area contributed by atoms with Crippen LogP contribution in [-0.2, 0) is 17.8 Å². The molecule has 0 amide bonds. The molecule has 6 heteroatoms. The van der Waals surface area contributed by atoms with Gasteiger partial charge in [-0.2, -0.15) is 0 Å². The lowest BCUT2D eigenvalue weighted by Crippen LogP contribution is -2.56. The van der Waals surface area contributed by atoms with E-state index in [0.717, 1.165) is 51.9 Å². The molecular formula is C22H39N5O. The highest BCUT2D eigenvalue weighted by Crippen LogP contribution is 2.15. The maximum absolute atomic E-state index is 5.48. The van der Waals surface area contributed by atoms with Gasteiger partial charge in [-0.1, -0.05) is 24.3 Å². The molecule has 1 aliphatic rings. The van der Waals surface area contributed by atoms with E-state index in [-0.39, 0.29) is 5.54 Å². The zero-order chi connectivity index (χ0) is 20.6. The third kappa shape index (κ3) is 6.76. The van der Waals surface area contributed by atoms with Crippen molar-refractivity contribution in [1.82, 2.24) is 20.4 Å². The van der Waals surface area contributed by atoms with Crippen LogP contribution >= 0.6 is 0 Å². The molecule has 1 saturated heterocycles. The third-order valence-corrected chi connectivity index (χ3v) is 5.65. The standard InChI is InChI=1S/C22H39N5O/c1-18(2)26(6)16-20-10-8-7-9-19(20)15-24-21(23-5)25-17-22(3,4)27-11-13-28-14-12-27/h7-10,18H,11-17H2,1-6H3,(H2,23,24,25). The van der Waals surface area contributed by atoms with E-state index < -0.39 is 0 Å². The molecule has 0 bridgehead atoms. The van der Waals surface area contributed by atoms with Gasteiger partial charge < -0.3 is 15.4 Å². The SMILES string of the molecule is CN=C(NCc1ccccc1CN(C)C(C)C)NCC(C)(C)N1CCOCC1. The number of ether oxygens (including phenoxy) is 1. The maximum Gasteiger partial charge on any atom is 0.191 e. The normalized spacial score (nSPS) is 16.6. The Balaban J connectivity index is 1.90. The van der Waals surface area contributed by atoms with Crippen molar-refractivity contribution in [2.75, 3.05) is 46.9 Å². The first kappa shape index (κ1) is 22.7. The molecule has 0 atom stereocenters. The summed E-state index contributed by atoms with van der Waals surface area (Å²) in [6.07, 6.45) is 0. The van der Waals surface area contributed by atoms with Gasteiger partial charge in [0.2, 0.25) is 0 Å². The highest BCUT2D eigenvalue weighted by Gasteiger charge is 2.28. The summed E-state index contributed by atoms with van der Waals surface area (Å²) in [5.41, 5.74) is 2.72. The van der Waals surface area contributed by atoms with Gasteiger partial charge in [0, 0.05) is 51.4 Å². The van der Waals surface area contributed by atoms with Crippen molar-refractivity contribution < 1.29 is 4.74 Å². The van der Waals surface area contributed by atoms with Gasteiger partial charge in [-0.3, -0.25) is 14.8 Å². The maximum atomic E-state index is 5.48. The number of nitrogens with one attached hydrogen (secondary N) is 2. The van der Waals surface area contributed by atoms with E-state index in [4.69, 9.17) is 4.74 Å². The molecule has 1 aromatic carbocycles. The van der Waals surface area contributed by atoms with Crippen molar-refractivity contribution in [2.45, 2.75) is 52.4 Å². The summed E-state index contributed by atoms with van der Waals surface area (Å²) < 4.78 is 5.48. The van der Waals surface area contributed by atoms with E-state index in [0.29, 0.717) is 6.04 Å². The average molecular weight is 390 g/mol. The van der Waals surface area contributed by atoms with Gasteiger partial charge in [-0.25, -0.2) is 0 Å². The third-order valence-electron chi connectivity index (χ3n) is 5.65. The fourth-order valence-electron chi connectivity index (χ4n) is 3.32. The van der Waals surface area contributed by atoms with Crippen LogP contribution in [0.2, 0.25) is 0 Å². The van der Waals surface area contributed by atoms with Crippen molar-refractivity contribution in [1.29, 1.82) is 0 Å². The summed E-state index contributed by atoms with van der Waals surface area (Å²) in [6, 6.07) is 9.16. The summed E-state index contributed by atoms with van der Waals surface area (Å²) in [7, 11) is 4.00. The van der Waals surface area contributed by atoms with Crippen molar-refractivity contribution >= 4 is 5.96 Å². The van der Waals surface area contributed by atoms with Crippen LogP contribution in [0.5, 0.6) is 0 Å². The smallest absolute Gasteiger partial charge is 0.191 e. The van der Waals surface area contributed by atoms with Gasteiger partial charge in [0.15, 0.2) is 5.96 Å². The number of benzene rings is 1. The van der Waals surface area contributed by atoms with Crippen LogP contribution in [0.25, 0.3) is 0 Å².